The monoisotopic (exact) mass is 505 g/mol. The van der Waals surface area contributed by atoms with E-state index in [0.717, 1.165) is 12.2 Å². The third-order valence-electron chi connectivity index (χ3n) is 6.23. The van der Waals surface area contributed by atoms with E-state index >= 15 is 0 Å². The minimum absolute atomic E-state index is 0.0208. The first-order valence-electron chi connectivity index (χ1n) is 11.6. The van der Waals surface area contributed by atoms with Gasteiger partial charge in [0.05, 0.1) is 37.7 Å². The van der Waals surface area contributed by atoms with Gasteiger partial charge in [0, 0.05) is 33.3 Å². The Kier molecular flexibility index (Phi) is 7.50. The van der Waals surface area contributed by atoms with Gasteiger partial charge >= 0.3 is 0 Å². The van der Waals surface area contributed by atoms with Crippen molar-refractivity contribution < 1.29 is 17.9 Å². The van der Waals surface area contributed by atoms with Crippen LogP contribution < -0.4 is 10.3 Å². The third-order valence-corrected chi connectivity index (χ3v) is 8.10. The lowest BCUT2D eigenvalue weighted by Gasteiger charge is -2.33. The minimum atomic E-state index is -3.78. The van der Waals surface area contributed by atoms with Gasteiger partial charge in [0.25, 0.3) is 5.56 Å². The number of hydrogen-bond donors (Lipinski definition) is 1. The number of methoxy groups -OCH3 is 2. The number of rotatable bonds is 9. The van der Waals surface area contributed by atoms with E-state index in [4.69, 9.17) is 9.47 Å². The highest BCUT2D eigenvalue weighted by atomic mass is 32.2. The van der Waals surface area contributed by atoms with Crippen LogP contribution in [0, 0.1) is 0 Å². The molecule has 3 aromatic heterocycles. The number of ether oxygens (including phenoxy) is 2. The summed E-state index contributed by atoms with van der Waals surface area (Å²) in [6, 6.07) is 1.46. The predicted molar refractivity (Wildman–Crippen MR) is 130 cm³/mol. The zero-order valence-electron chi connectivity index (χ0n) is 20.4. The van der Waals surface area contributed by atoms with Crippen molar-refractivity contribution in [1.82, 2.24) is 33.9 Å². The minimum Gasteiger partial charge on any atom is -0.480 e. The van der Waals surface area contributed by atoms with E-state index in [-0.39, 0.29) is 27.7 Å². The lowest BCUT2D eigenvalue weighted by Crippen LogP contribution is -2.48. The van der Waals surface area contributed by atoms with Crippen LogP contribution in [0.25, 0.3) is 22.4 Å². The fraction of sp³-hybridized carbons (Fsp3) is 0.545. The molecule has 1 aliphatic heterocycles. The number of aryl methyl sites for hydroxylation is 1. The summed E-state index contributed by atoms with van der Waals surface area (Å²) >= 11 is 0. The van der Waals surface area contributed by atoms with Gasteiger partial charge < -0.3 is 19.4 Å². The molecule has 0 bridgehead atoms. The van der Waals surface area contributed by atoms with Gasteiger partial charge in [-0.3, -0.25) is 9.48 Å². The maximum Gasteiger partial charge on any atom is 0.279 e. The summed E-state index contributed by atoms with van der Waals surface area (Å²) in [5.74, 6) is 0.327. The summed E-state index contributed by atoms with van der Waals surface area (Å²) in [5.41, 5.74) is 1.31. The molecule has 1 N–H and O–H groups in total. The number of likely N-dealkylation sites (N-methyl/N-ethyl adjacent to an activating group) is 1. The number of nitrogens with zero attached hydrogens (tertiary/aromatic N) is 6. The third kappa shape index (κ3) is 4.81. The van der Waals surface area contributed by atoms with Crippen LogP contribution in [-0.4, -0.2) is 95.9 Å². The zero-order valence-corrected chi connectivity index (χ0v) is 21.3. The largest absolute Gasteiger partial charge is 0.480 e. The summed E-state index contributed by atoms with van der Waals surface area (Å²) in [4.78, 5) is 26.7. The molecular weight excluding hydrogens is 474 g/mol. The molecule has 0 unspecified atom stereocenters. The van der Waals surface area contributed by atoms with Crippen LogP contribution in [0.3, 0.4) is 0 Å². The first-order valence-corrected chi connectivity index (χ1v) is 13.0. The van der Waals surface area contributed by atoms with E-state index in [1.807, 2.05) is 6.92 Å². The summed E-state index contributed by atoms with van der Waals surface area (Å²) in [6.07, 6.45) is 1.88. The van der Waals surface area contributed by atoms with Crippen molar-refractivity contribution in [2.75, 3.05) is 53.6 Å². The highest BCUT2D eigenvalue weighted by molar-refractivity contribution is 7.89. The first kappa shape index (κ1) is 25.2. The van der Waals surface area contributed by atoms with Gasteiger partial charge in [0.15, 0.2) is 5.52 Å². The molecule has 0 atom stereocenters. The van der Waals surface area contributed by atoms with Gasteiger partial charge in [-0.2, -0.15) is 9.40 Å². The Morgan fingerprint density at radius 1 is 1.11 bits per heavy atom. The molecular formula is C22H31N7O5S. The van der Waals surface area contributed by atoms with Crippen molar-refractivity contribution >= 4 is 21.1 Å². The van der Waals surface area contributed by atoms with E-state index in [1.165, 1.54) is 23.7 Å². The summed E-state index contributed by atoms with van der Waals surface area (Å²) in [7, 11) is -0.752. The molecule has 0 aliphatic carbocycles. The first-order chi connectivity index (χ1) is 16.8. The Morgan fingerprint density at radius 3 is 2.49 bits per heavy atom. The van der Waals surface area contributed by atoms with E-state index in [1.54, 1.807) is 11.8 Å². The standard InChI is InChI=1S/C22H31N7O5S/c1-5-17-18-19(26-29(17)11-12-33-3)21(30)25-20(24-18)16-13-15(14-23-22(16)34-4)35(31,32)28-9-7-27(6-2)8-10-28/h13-14H,5-12H2,1-4H3,(H,24,25,30). The van der Waals surface area contributed by atoms with Crippen LogP contribution in [0.1, 0.15) is 19.5 Å². The molecule has 0 amide bonds. The second-order valence-corrected chi connectivity index (χ2v) is 10.1. The molecule has 4 heterocycles. The van der Waals surface area contributed by atoms with Crippen molar-refractivity contribution in [3.63, 3.8) is 0 Å². The number of pyridine rings is 1. The second kappa shape index (κ2) is 10.4. The van der Waals surface area contributed by atoms with Gasteiger partial charge in [0.1, 0.15) is 16.2 Å². The molecule has 3 aromatic rings. The van der Waals surface area contributed by atoms with Crippen LogP contribution in [0.2, 0.25) is 0 Å². The molecule has 4 rings (SSSR count). The number of nitrogens with one attached hydrogen (secondary N) is 1. The van der Waals surface area contributed by atoms with Crippen LogP contribution in [0.5, 0.6) is 5.88 Å². The number of sulfonamides is 1. The van der Waals surface area contributed by atoms with Gasteiger partial charge in [-0.15, -0.1) is 0 Å². The van der Waals surface area contributed by atoms with Crippen molar-refractivity contribution in [1.29, 1.82) is 0 Å². The molecule has 12 nitrogen and oxygen atoms in total. The molecule has 0 spiro atoms. The van der Waals surface area contributed by atoms with Crippen molar-refractivity contribution in [2.45, 2.75) is 31.7 Å². The Bertz CT molecular complexity index is 1360. The smallest absolute Gasteiger partial charge is 0.279 e. The zero-order chi connectivity index (χ0) is 25.2. The lowest BCUT2D eigenvalue weighted by molar-refractivity contribution is 0.183. The summed E-state index contributed by atoms with van der Waals surface area (Å²) < 4.78 is 40.4. The summed E-state index contributed by atoms with van der Waals surface area (Å²) in [6.45, 7) is 7.96. The van der Waals surface area contributed by atoms with Gasteiger partial charge in [-0.05, 0) is 19.0 Å². The van der Waals surface area contributed by atoms with Crippen molar-refractivity contribution in [2.24, 2.45) is 0 Å². The number of fused-ring (bicyclic) bond motifs is 1. The van der Waals surface area contributed by atoms with Gasteiger partial charge in [0.2, 0.25) is 15.9 Å². The fourth-order valence-corrected chi connectivity index (χ4v) is 5.64. The molecule has 190 valence electrons. The van der Waals surface area contributed by atoms with Crippen molar-refractivity contribution in [3.8, 4) is 17.3 Å². The maximum atomic E-state index is 13.4. The van der Waals surface area contributed by atoms with Crippen molar-refractivity contribution in [3.05, 3.63) is 28.3 Å². The normalized spacial score (nSPS) is 15.7. The molecule has 1 fully saturated rings. The molecule has 0 radical (unpaired) electrons. The Morgan fingerprint density at radius 2 is 1.86 bits per heavy atom. The SMILES string of the molecule is CCc1c2nc(-c3cc(S(=O)(=O)N4CCN(CC)CC4)cnc3OC)[nH]c(=O)c2nn1CCOC. The average molecular weight is 506 g/mol. The van der Waals surface area contributed by atoms with Crippen LogP contribution in [-0.2, 0) is 27.7 Å². The topological polar surface area (TPSA) is 136 Å². The Balaban J connectivity index is 1.79. The van der Waals surface area contributed by atoms with Crippen LogP contribution >= 0.6 is 0 Å². The highest BCUT2D eigenvalue weighted by Gasteiger charge is 2.30. The summed E-state index contributed by atoms with van der Waals surface area (Å²) in [5, 5.41) is 4.41. The number of H-pyrrole nitrogens is 1. The highest BCUT2D eigenvalue weighted by Crippen LogP contribution is 2.30. The second-order valence-electron chi connectivity index (χ2n) is 8.19. The van der Waals surface area contributed by atoms with E-state index < -0.39 is 15.6 Å². The molecule has 35 heavy (non-hydrogen) atoms. The Labute approximate surface area is 203 Å². The van der Waals surface area contributed by atoms with E-state index in [2.05, 4.69) is 31.9 Å². The van der Waals surface area contributed by atoms with Crippen LogP contribution in [0.15, 0.2) is 22.0 Å². The molecule has 1 aliphatic rings. The number of aromatic amines is 1. The molecule has 13 heteroatoms. The van der Waals surface area contributed by atoms with E-state index in [9.17, 15) is 13.2 Å². The number of aromatic nitrogens is 5. The maximum absolute atomic E-state index is 13.4. The molecule has 1 saturated heterocycles. The van der Waals surface area contributed by atoms with Gasteiger partial charge in [-0.1, -0.05) is 13.8 Å². The average Bonchev–Trinajstić information content (AvgIpc) is 3.24. The fourth-order valence-electron chi connectivity index (χ4n) is 4.25. The van der Waals surface area contributed by atoms with Gasteiger partial charge in [-0.25, -0.2) is 18.4 Å². The predicted octanol–water partition coefficient (Wildman–Crippen LogP) is 0.725. The number of piperazine rings is 1. The molecule has 0 saturated carbocycles. The van der Waals surface area contributed by atoms with Crippen LogP contribution in [0.4, 0.5) is 0 Å². The lowest BCUT2D eigenvalue weighted by atomic mass is 10.2. The Hall–Kier alpha value is -2.87. The number of hydrogen-bond acceptors (Lipinski definition) is 9. The quantitative estimate of drug-likeness (QED) is 0.446. The molecule has 0 aromatic carbocycles. The van der Waals surface area contributed by atoms with E-state index in [0.29, 0.717) is 51.3 Å².